The zero-order valence-electron chi connectivity index (χ0n) is 17.3. The molecule has 0 saturated carbocycles. The van der Waals surface area contributed by atoms with Gasteiger partial charge < -0.3 is 15.2 Å². The Morgan fingerprint density at radius 2 is 2.00 bits per heavy atom. The number of halogens is 1. The molecule has 3 aromatic rings. The van der Waals surface area contributed by atoms with E-state index in [0.29, 0.717) is 6.54 Å². The highest BCUT2D eigenvalue weighted by atomic mass is 127. The smallest absolute Gasteiger partial charge is 0.191 e. The molecule has 0 fully saturated rings. The molecule has 0 aliphatic carbocycles. The summed E-state index contributed by atoms with van der Waals surface area (Å²) in [7, 11) is 0. The summed E-state index contributed by atoms with van der Waals surface area (Å²) in [5.74, 6) is 0.854. The number of nitrogens with zero attached hydrogens (tertiary/aromatic N) is 3. The van der Waals surface area contributed by atoms with Gasteiger partial charge in [0.05, 0.1) is 12.9 Å². The van der Waals surface area contributed by atoms with Crippen LogP contribution in [-0.4, -0.2) is 28.6 Å². The van der Waals surface area contributed by atoms with Crippen molar-refractivity contribution in [3.8, 4) is 0 Å². The maximum atomic E-state index is 4.78. The second-order valence-electron chi connectivity index (χ2n) is 7.46. The lowest BCUT2D eigenvalue weighted by Gasteiger charge is -2.25. The fourth-order valence-electron chi connectivity index (χ4n) is 2.99. The van der Waals surface area contributed by atoms with Crippen LogP contribution in [0, 0.1) is 0 Å². The first-order chi connectivity index (χ1) is 13.6. The number of aromatic nitrogens is 2. The molecule has 1 aromatic carbocycles. The first-order valence-electron chi connectivity index (χ1n) is 9.66. The van der Waals surface area contributed by atoms with E-state index in [2.05, 4.69) is 82.7 Å². The summed E-state index contributed by atoms with van der Waals surface area (Å²) in [5, 5.41) is 8.99. The van der Waals surface area contributed by atoms with Crippen LogP contribution in [0.2, 0.25) is 0 Å². The Bertz CT molecular complexity index is 873. The summed E-state index contributed by atoms with van der Waals surface area (Å²) < 4.78 is 2.07. The van der Waals surface area contributed by atoms with Crippen molar-refractivity contribution in [2.45, 2.75) is 39.3 Å². The highest BCUT2D eigenvalue weighted by Crippen LogP contribution is 2.26. The average Bonchev–Trinajstić information content (AvgIpc) is 3.39. The molecule has 0 spiro atoms. The van der Waals surface area contributed by atoms with Gasteiger partial charge in [-0.2, -0.15) is 0 Å². The number of rotatable bonds is 8. The van der Waals surface area contributed by atoms with Crippen LogP contribution in [0.15, 0.2) is 65.5 Å². The second kappa shape index (κ2) is 11.3. The third-order valence-corrected chi connectivity index (χ3v) is 5.80. The van der Waals surface area contributed by atoms with Gasteiger partial charge in [-0.3, -0.25) is 0 Å². The molecule has 0 amide bonds. The molecule has 7 heteroatoms. The zero-order valence-corrected chi connectivity index (χ0v) is 20.4. The van der Waals surface area contributed by atoms with Gasteiger partial charge in [0.1, 0.15) is 0 Å². The zero-order chi connectivity index (χ0) is 19.8. The van der Waals surface area contributed by atoms with Gasteiger partial charge in [-0.15, -0.1) is 35.3 Å². The molecule has 156 valence electrons. The fourth-order valence-corrected chi connectivity index (χ4v) is 3.84. The first-order valence-corrected chi connectivity index (χ1v) is 10.5. The predicted molar refractivity (Wildman–Crippen MR) is 133 cm³/mol. The molecule has 0 unspecified atom stereocenters. The molecule has 0 saturated heterocycles. The molecule has 5 nitrogen and oxygen atoms in total. The SMILES string of the molecule is CCNC(=NCc1cccc(Cn2ccnc2)c1)NCC(C)(C)c1cccs1.I. The van der Waals surface area contributed by atoms with Gasteiger partial charge in [0, 0.05) is 42.3 Å². The van der Waals surface area contributed by atoms with E-state index in [1.54, 1.807) is 17.5 Å². The van der Waals surface area contributed by atoms with E-state index >= 15 is 0 Å². The Balaban J connectivity index is 0.00000300. The van der Waals surface area contributed by atoms with Crippen LogP contribution >= 0.6 is 35.3 Å². The van der Waals surface area contributed by atoms with E-state index in [1.807, 2.05) is 12.5 Å². The largest absolute Gasteiger partial charge is 0.357 e. The summed E-state index contributed by atoms with van der Waals surface area (Å²) in [6.45, 7) is 9.75. The molecule has 2 aromatic heterocycles. The molecule has 29 heavy (non-hydrogen) atoms. The van der Waals surface area contributed by atoms with E-state index in [9.17, 15) is 0 Å². The molecule has 0 aliphatic heterocycles. The lowest BCUT2D eigenvalue weighted by molar-refractivity contribution is 0.518. The number of nitrogens with one attached hydrogen (secondary N) is 2. The van der Waals surface area contributed by atoms with Gasteiger partial charge in [-0.1, -0.05) is 44.2 Å². The Morgan fingerprint density at radius 3 is 2.69 bits per heavy atom. The topological polar surface area (TPSA) is 54.2 Å². The molecule has 3 rings (SSSR count). The summed E-state index contributed by atoms with van der Waals surface area (Å²) in [6.07, 6.45) is 5.63. The summed E-state index contributed by atoms with van der Waals surface area (Å²) in [4.78, 5) is 10.3. The summed E-state index contributed by atoms with van der Waals surface area (Å²) in [5.41, 5.74) is 2.52. The van der Waals surface area contributed by atoms with E-state index in [4.69, 9.17) is 4.99 Å². The van der Waals surface area contributed by atoms with Crippen LogP contribution < -0.4 is 10.6 Å². The number of hydrogen-bond acceptors (Lipinski definition) is 3. The van der Waals surface area contributed by atoms with Gasteiger partial charge in [0.15, 0.2) is 5.96 Å². The maximum absolute atomic E-state index is 4.78. The minimum absolute atomic E-state index is 0. The second-order valence-corrected chi connectivity index (χ2v) is 8.41. The van der Waals surface area contributed by atoms with Gasteiger partial charge in [-0.05, 0) is 29.5 Å². The fraction of sp³-hybridized carbons (Fsp3) is 0.364. The summed E-state index contributed by atoms with van der Waals surface area (Å²) >= 11 is 1.80. The third kappa shape index (κ3) is 7.15. The molecule has 0 aliphatic rings. The number of hydrogen-bond donors (Lipinski definition) is 2. The van der Waals surface area contributed by atoms with Crippen molar-refractivity contribution in [1.29, 1.82) is 0 Å². The molecule has 0 radical (unpaired) electrons. The van der Waals surface area contributed by atoms with Crippen molar-refractivity contribution in [3.63, 3.8) is 0 Å². The lowest BCUT2D eigenvalue weighted by atomic mass is 9.91. The standard InChI is InChI=1S/C22H29N5S.HI/c1-4-24-21(26-16-22(2,3)20-9-6-12-28-20)25-14-18-7-5-8-19(13-18)15-27-11-10-23-17-27;/h5-13,17H,4,14-16H2,1-3H3,(H2,24,25,26);1H. The summed E-state index contributed by atoms with van der Waals surface area (Å²) in [6, 6.07) is 12.9. The number of aliphatic imine (C=N–C) groups is 1. The monoisotopic (exact) mass is 523 g/mol. The quantitative estimate of drug-likeness (QED) is 0.257. The van der Waals surface area contributed by atoms with E-state index < -0.39 is 0 Å². The van der Waals surface area contributed by atoms with Crippen molar-refractivity contribution < 1.29 is 0 Å². The first kappa shape index (κ1) is 23.4. The van der Waals surface area contributed by atoms with Gasteiger partial charge in [-0.25, -0.2) is 9.98 Å². The molecule has 0 atom stereocenters. The van der Waals surface area contributed by atoms with Gasteiger partial charge in [0.25, 0.3) is 0 Å². The molecule has 2 N–H and O–H groups in total. The van der Waals surface area contributed by atoms with Crippen LogP contribution in [-0.2, 0) is 18.5 Å². The van der Waals surface area contributed by atoms with E-state index in [-0.39, 0.29) is 29.4 Å². The van der Waals surface area contributed by atoms with Crippen LogP contribution in [0.5, 0.6) is 0 Å². The van der Waals surface area contributed by atoms with Gasteiger partial charge >= 0.3 is 0 Å². The van der Waals surface area contributed by atoms with Crippen molar-refractivity contribution in [1.82, 2.24) is 20.2 Å². The number of guanidine groups is 1. The van der Waals surface area contributed by atoms with Crippen molar-refractivity contribution in [3.05, 3.63) is 76.5 Å². The Hall–Kier alpha value is -1.87. The Kier molecular flexibility index (Phi) is 9.16. The number of benzene rings is 1. The predicted octanol–water partition coefficient (Wildman–Crippen LogP) is 4.64. The van der Waals surface area contributed by atoms with E-state index in [0.717, 1.165) is 25.6 Å². The van der Waals surface area contributed by atoms with Crippen LogP contribution in [0.4, 0.5) is 0 Å². The number of thiophene rings is 1. The van der Waals surface area contributed by atoms with Crippen molar-refractivity contribution in [2.75, 3.05) is 13.1 Å². The minimum atomic E-state index is 0. The normalized spacial score (nSPS) is 11.8. The lowest BCUT2D eigenvalue weighted by Crippen LogP contribution is -2.43. The molecular weight excluding hydrogens is 493 g/mol. The maximum Gasteiger partial charge on any atom is 0.191 e. The highest BCUT2D eigenvalue weighted by Gasteiger charge is 2.21. The Morgan fingerprint density at radius 1 is 1.17 bits per heavy atom. The van der Waals surface area contributed by atoms with Crippen molar-refractivity contribution >= 4 is 41.3 Å². The Labute approximate surface area is 194 Å². The minimum Gasteiger partial charge on any atom is -0.357 e. The average molecular weight is 523 g/mol. The molecule has 2 heterocycles. The van der Waals surface area contributed by atoms with Crippen LogP contribution in [0.25, 0.3) is 0 Å². The number of imidazole rings is 1. The highest BCUT2D eigenvalue weighted by molar-refractivity contribution is 14.0. The molecular formula is C22H30IN5S. The van der Waals surface area contributed by atoms with E-state index in [1.165, 1.54) is 16.0 Å². The van der Waals surface area contributed by atoms with Gasteiger partial charge in [0.2, 0.25) is 0 Å². The van der Waals surface area contributed by atoms with Crippen molar-refractivity contribution in [2.24, 2.45) is 4.99 Å². The molecule has 0 bridgehead atoms. The third-order valence-electron chi connectivity index (χ3n) is 4.57. The van der Waals surface area contributed by atoms with Crippen LogP contribution in [0.3, 0.4) is 0 Å². The van der Waals surface area contributed by atoms with Crippen LogP contribution in [0.1, 0.15) is 36.8 Å².